The minimum absolute atomic E-state index is 0.0231. The fourth-order valence-corrected chi connectivity index (χ4v) is 2.33. The molecular weight excluding hydrogens is 368 g/mol. The number of furan rings is 1. The third kappa shape index (κ3) is 3.07. The lowest BCUT2D eigenvalue weighted by Gasteiger charge is -2.01. The molecule has 0 radical (unpaired) electrons. The predicted octanol–water partition coefficient (Wildman–Crippen LogP) is 3.60. The molecule has 0 spiro atoms. The van der Waals surface area contributed by atoms with Gasteiger partial charge in [-0.05, 0) is 41.1 Å². The fraction of sp³-hybridized carbons (Fsp3) is 0.0667. The monoisotopic (exact) mass is 376 g/mol. The largest absolute Gasteiger partial charge is 0.450 e. The number of benzene rings is 1. The Labute approximate surface area is 138 Å². The molecule has 0 saturated heterocycles. The summed E-state index contributed by atoms with van der Waals surface area (Å²) in [6, 6.07) is 7.86. The van der Waals surface area contributed by atoms with Crippen LogP contribution in [0.2, 0.25) is 0 Å². The Morgan fingerprint density at radius 3 is 2.74 bits per heavy atom. The number of cyclic esters (lactones) is 1. The van der Waals surface area contributed by atoms with Gasteiger partial charge in [0.25, 0.3) is 5.69 Å². The van der Waals surface area contributed by atoms with Crippen molar-refractivity contribution in [3.63, 3.8) is 0 Å². The molecule has 1 aromatic carbocycles. The molecule has 1 aliphatic heterocycles. The molecule has 0 N–H and O–H groups in total. The van der Waals surface area contributed by atoms with Crippen LogP contribution in [0.1, 0.15) is 16.9 Å². The molecule has 0 bridgehead atoms. The van der Waals surface area contributed by atoms with Gasteiger partial charge in [0.1, 0.15) is 5.76 Å². The SMILES string of the molecule is Cc1ccc(C2=NC(=Cc3ccc(Br)o3)C(=O)O2)cc1[N+](=O)[O-]. The van der Waals surface area contributed by atoms with Crippen molar-refractivity contribution in [2.75, 3.05) is 0 Å². The van der Waals surface area contributed by atoms with Crippen LogP contribution in [0.25, 0.3) is 6.08 Å². The number of nitrogens with zero attached hydrogens (tertiary/aromatic N) is 2. The van der Waals surface area contributed by atoms with Crippen molar-refractivity contribution in [3.05, 3.63) is 67.7 Å². The zero-order valence-corrected chi connectivity index (χ0v) is 13.4. The summed E-state index contributed by atoms with van der Waals surface area (Å²) in [5.41, 5.74) is 0.873. The molecule has 8 heteroatoms. The van der Waals surface area contributed by atoms with Gasteiger partial charge in [-0.1, -0.05) is 6.07 Å². The van der Waals surface area contributed by atoms with E-state index in [1.807, 2.05) is 0 Å². The van der Waals surface area contributed by atoms with Gasteiger partial charge in [0.2, 0.25) is 5.90 Å². The van der Waals surface area contributed by atoms with E-state index in [-0.39, 0.29) is 17.3 Å². The average molecular weight is 377 g/mol. The van der Waals surface area contributed by atoms with E-state index in [1.54, 1.807) is 31.2 Å². The third-order valence-corrected chi connectivity index (χ3v) is 3.57. The Hall–Kier alpha value is -2.74. The van der Waals surface area contributed by atoms with Crippen LogP contribution in [0, 0.1) is 17.0 Å². The fourth-order valence-electron chi connectivity index (χ4n) is 2.01. The number of nitro benzene ring substituents is 1. The van der Waals surface area contributed by atoms with Gasteiger partial charge in [-0.15, -0.1) is 0 Å². The molecule has 0 aliphatic carbocycles. The van der Waals surface area contributed by atoms with Gasteiger partial charge >= 0.3 is 5.97 Å². The van der Waals surface area contributed by atoms with E-state index in [0.717, 1.165) is 0 Å². The van der Waals surface area contributed by atoms with Crippen molar-refractivity contribution >= 4 is 39.6 Å². The maximum Gasteiger partial charge on any atom is 0.363 e. The van der Waals surface area contributed by atoms with Crippen LogP contribution in [0.15, 0.2) is 50.1 Å². The number of hydrogen-bond donors (Lipinski definition) is 0. The number of rotatable bonds is 3. The quantitative estimate of drug-likeness (QED) is 0.353. The van der Waals surface area contributed by atoms with Gasteiger partial charge in [0.15, 0.2) is 10.4 Å². The molecule has 0 atom stereocenters. The molecule has 116 valence electrons. The van der Waals surface area contributed by atoms with E-state index in [0.29, 0.717) is 21.6 Å². The second-order valence-corrected chi connectivity index (χ2v) is 5.52. The maximum absolute atomic E-state index is 11.9. The van der Waals surface area contributed by atoms with Crippen LogP contribution in [-0.4, -0.2) is 16.8 Å². The molecule has 0 saturated carbocycles. The summed E-state index contributed by atoms with van der Waals surface area (Å²) in [6.45, 7) is 1.63. The highest BCUT2D eigenvalue weighted by atomic mass is 79.9. The summed E-state index contributed by atoms with van der Waals surface area (Å²) in [4.78, 5) is 26.4. The summed E-state index contributed by atoms with van der Waals surface area (Å²) in [6.07, 6.45) is 1.43. The van der Waals surface area contributed by atoms with E-state index in [4.69, 9.17) is 9.15 Å². The van der Waals surface area contributed by atoms with Crippen molar-refractivity contribution in [3.8, 4) is 0 Å². The first-order valence-electron chi connectivity index (χ1n) is 6.47. The summed E-state index contributed by atoms with van der Waals surface area (Å²) in [5.74, 6) is -0.186. The molecule has 23 heavy (non-hydrogen) atoms. The van der Waals surface area contributed by atoms with Crippen LogP contribution in [0.4, 0.5) is 5.69 Å². The Bertz CT molecular complexity index is 882. The first-order chi connectivity index (χ1) is 10.9. The Kier molecular flexibility index (Phi) is 3.83. The van der Waals surface area contributed by atoms with Crippen molar-refractivity contribution in [2.24, 2.45) is 4.99 Å². The number of ether oxygens (including phenoxy) is 1. The van der Waals surface area contributed by atoms with E-state index in [9.17, 15) is 14.9 Å². The number of aliphatic imine (C=N–C) groups is 1. The number of halogens is 1. The van der Waals surface area contributed by atoms with Crippen molar-refractivity contribution in [2.45, 2.75) is 6.92 Å². The van der Waals surface area contributed by atoms with Crippen LogP contribution in [0.5, 0.6) is 0 Å². The smallest absolute Gasteiger partial charge is 0.363 e. The molecule has 2 aromatic rings. The maximum atomic E-state index is 11.9. The van der Waals surface area contributed by atoms with E-state index < -0.39 is 10.9 Å². The first kappa shape index (κ1) is 15.2. The third-order valence-electron chi connectivity index (χ3n) is 3.15. The second kappa shape index (κ2) is 5.81. The van der Waals surface area contributed by atoms with Crippen LogP contribution >= 0.6 is 15.9 Å². The summed E-state index contributed by atoms with van der Waals surface area (Å²) in [7, 11) is 0. The van der Waals surface area contributed by atoms with E-state index >= 15 is 0 Å². The van der Waals surface area contributed by atoms with Gasteiger partial charge in [-0.3, -0.25) is 10.1 Å². The topological polar surface area (TPSA) is 94.9 Å². The minimum Gasteiger partial charge on any atom is -0.450 e. The number of aryl methyl sites for hydroxylation is 1. The molecular formula is C15H9BrN2O5. The standard InChI is InChI=1S/C15H9BrN2O5/c1-8-2-3-9(6-12(8)18(20)21)14-17-11(15(19)23-14)7-10-4-5-13(16)22-10/h2-7H,1H3. The Morgan fingerprint density at radius 2 is 2.09 bits per heavy atom. The Balaban J connectivity index is 1.97. The minimum atomic E-state index is -0.643. The number of carbonyl (C=O) groups excluding carboxylic acids is 1. The van der Waals surface area contributed by atoms with Crippen molar-refractivity contribution < 1.29 is 18.9 Å². The molecule has 0 fully saturated rings. The summed E-state index contributed by atoms with van der Waals surface area (Å²) in [5, 5.41) is 11.0. The van der Waals surface area contributed by atoms with Gasteiger partial charge < -0.3 is 9.15 Å². The average Bonchev–Trinajstić information content (AvgIpc) is 3.06. The molecule has 0 amide bonds. The highest BCUT2D eigenvalue weighted by Crippen LogP contribution is 2.25. The summed E-state index contributed by atoms with van der Waals surface area (Å²) >= 11 is 3.16. The lowest BCUT2D eigenvalue weighted by Crippen LogP contribution is -2.06. The molecule has 7 nitrogen and oxygen atoms in total. The highest BCUT2D eigenvalue weighted by Gasteiger charge is 2.26. The number of hydrogen-bond acceptors (Lipinski definition) is 6. The molecule has 0 unspecified atom stereocenters. The zero-order chi connectivity index (χ0) is 16.6. The number of carbonyl (C=O) groups is 1. The Morgan fingerprint density at radius 1 is 1.30 bits per heavy atom. The van der Waals surface area contributed by atoms with Crippen molar-refractivity contribution in [1.29, 1.82) is 0 Å². The lowest BCUT2D eigenvalue weighted by molar-refractivity contribution is -0.385. The normalized spacial score (nSPS) is 15.7. The molecule has 3 rings (SSSR count). The van der Waals surface area contributed by atoms with Gasteiger partial charge in [0, 0.05) is 23.3 Å². The lowest BCUT2D eigenvalue weighted by atomic mass is 10.1. The zero-order valence-electron chi connectivity index (χ0n) is 11.8. The predicted molar refractivity (Wildman–Crippen MR) is 84.8 cm³/mol. The van der Waals surface area contributed by atoms with Crippen LogP contribution < -0.4 is 0 Å². The molecule has 1 aromatic heterocycles. The first-order valence-corrected chi connectivity index (χ1v) is 7.26. The van der Waals surface area contributed by atoms with E-state index in [1.165, 1.54) is 12.1 Å². The summed E-state index contributed by atoms with van der Waals surface area (Å²) < 4.78 is 10.9. The number of nitro groups is 1. The van der Waals surface area contributed by atoms with Crippen LogP contribution in [-0.2, 0) is 9.53 Å². The second-order valence-electron chi connectivity index (χ2n) is 4.74. The van der Waals surface area contributed by atoms with E-state index in [2.05, 4.69) is 20.9 Å². The van der Waals surface area contributed by atoms with Crippen LogP contribution in [0.3, 0.4) is 0 Å². The molecule has 2 heterocycles. The van der Waals surface area contributed by atoms with Gasteiger partial charge in [0.05, 0.1) is 4.92 Å². The molecule has 1 aliphatic rings. The van der Waals surface area contributed by atoms with Gasteiger partial charge in [-0.2, -0.15) is 0 Å². The number of esters is 1. The highest BCUT2D eigenvalue weighted by molar-refractivity contribution is 9.10. The van der Waals surface area contributed by atoms with Crippen molar-refractivity contribution in [1.82, 2.24) is 0 Å². The van der Waals surface area contributed by atoms with Gasteiger partial charge in [-0.25, -0.2) is 9.79 Å².